The Labute approximate surface area is 248 Å². The topological polar surface area (TPSA) is 49.7 Å². The number of carbonyl (C=O) groups excluding carboxylic acids is 1. The van der Waals surface area contributed by atoms with Gasteiger partial charge >= 0.3 is 0 Å². The summed E-state index contributed by atoms with van der Waals surface area (Å²) in [4.78, 5) is 18.5. The van der Waals surface area contributed by atoms with Crippen LogP contribution in [-0.4, -0.2) is 65.1 Å². The monoisotopic (exact) mass is 568 g/mol. The zero-order chi connectivity index (χ0) is 28.9. The number of para-hydroxylation sites is 1. The Balaban J connectivity index is 1.05. The van der Waals surface area contributed by atoms with Crippen molar-refractivity contribution >= 4 is 16.8 Å². The van der Waals surface area contributed by atoms with E-state index in [9.17, 15) is 9.18 Å². The molecule has 6 rings (SSSR count). The number of nitrogens with one attached hydrogen (secondary N) is 1. The highest BCUT2D eigenvalue weighted by Gasteiger charge is 2.39. The largest absolute Gasteiger partial charge is 0.492 e. The normalized spacial score (nSPS) is 18.9. The van der Waals surface area contributed by atoms with E-state index in [1.807, 2.05) is 30.3 Å². The van der Waals surface area contributed by atoms with E-state index in [2.05, 4.69) is 51.0 Å². The second kappa shape index (κ2) is 13.1. The first-order chi connectivity index (χ1) is 20.6. The molecular weight excluding hydrogens is 527 g/mol. The zero-order valence-corrected chi connectivity index (χ0v) is 24.5. The molecule has 1 N–H and O–H groups in total. The quantitative estimate of drug-likeness (QED) is 0.232. The molecule has 42 heavy (non-hydrogen) atoms. The number of fused-ring (bicyclic) bond motifs is 3. The highest BCUT2D eigenvalue weighted by molar-refractivity contribution is 6.07. The molecule has 4 aromatic rings. The standard InChI is InChI=1S/C35H41FN4O2/c1-2-27-10-6-11-32-33(35(41)37-22-26-8-4-3-5-9-26)25-39(34(27)32)18-7-19-40-29-14-15-30(40)24-38(23-29)20-21-42-31-16-12-28(36)13-17-31/h3-6,8-13,16-17,25,29-30H,2,7,14-15,18-24H2,1H3,(H,37,41)/t29-,30+. The average molecular weight is 569 g/mol. The Morgan fingerprint density at radius 2 is 1.69 bits per heavy atom. The maximum absolute atomic E-state index is 13.3. The van der Waals surface area contributed by atoms with Gasteiger partial charge in [-0.15, -0.1) is 0 Å². The van der Waals surface area contributed by atoms with Crippen LogP contribution in [0.2, 0.25) is 0 Å². The van der Waals surface area contributed by atoms with Crippen LogP contribution in [-0.2, 0) is 19.5 Å². The number of ether oxygens (including phenoxy) is 1. The van der Waals surface area contributed by atoms with Gasteiger partial charge in [0.25, 0.3) is 5.91 Å². The summed E-state index contributed by atoms with van der Waals surface area (Å²) < 4.78 is 21.3. The number of carbonyl (C=O) groups is 1. The molecule has 2 bridgehead atoms. The van der Waals surface area contributed by atoms with Crippen molar-refractivity contribution in [3.63, 3.8) is 0 Å². The molecule has 0 aliphatic carbocycles. The molecule has 0 saturated carbocycles. The highest BCUT2D eigenvalue weighted by atomic mass is 19.1. The van der Waals surface area contributed by atoms with Crippen molar-refractivity contribution < 1.29 is 13.9 Å². The Kier molecular flexibility index (Phi) is 8.87. The number of hydrogen-bond donors (Lipinski definition) is 1. The average Bonchev–Trinajstić information content (AvgIpc) is 3.50. The van der Waals surface area contributed by atoms with Gasteiger partial charge < -0.3 is 14.6 Å². The molecule has 6 nitrogen and oxygen atoms in total. The molecular formula is C35H41FN4O2. The third kappa shape index (κ3) is 6.37. The number of nitrogens with zero attached hydrogens (tertiary/aromatic N) is 3. The van der Waals surface area contributed by atoms with E-state index in [-0.39, 0.29) is 11.7 Å². The minimum Gasteiger partial charge on any atom is -0.492 e. The molecule has 220 valence electrons. The fraction of sp³-hybridized carbons (Fsp3) is 0.400. The fourth-order valence-electron chi connectivity index (χ4n) is 6.83. The smallest absolute Gasteiger partial charge is 0.253 e. The van der Waals surface area contributed by atoms with Crippen molar-refractivity contribution in [3.05, 3.63) is 102 Å². The predicted octanol–water partition coefficient (Wildman–Crippen LogP) is 5.89. The van der Waals surface area contributed by atoms with Crippen molar-refractivity contribution in [1.82, 2.24) is 19.7 Å². The van der Waals surface area contributed by atoms with Crippen molar-refractivity contribution in [1.29, 1.82) is 0 Å². The lowest BCUT2D eigenvalue weighted by molar-refractivity contribution is 0.0574. The van der Waals surface area contributed by atoms with Gasteiger partial charge in [-0.1, -0.05) is 55.5 Å². The Morgan fingerprint density at radius 1 is 0.929 bits per heavy atom. The van der Waals surface area contributed by atoms with Gasteiger partial charge in [0.05, 0.1) is 11.1 Å². The molecule has 0 spiro atoms. The van der Waals surface area contributed by atoms with Crippen LogP contribution in [0.5, 0.6) is 5.75 Å². The maximum atomic E-state index is 13.3. The zero-order valence-electron chi connectivity index (χ0n) is 24.5. The van der Waals surface area contributed by atoms with Crippen molar-refractivity contribution in [2.24, 2.45) is 0 Å². The van der Waals surface area contributed by atoms with Gasteiger partial charge in [0, 0.05) is 62.9 Å². The van der Waals surface area contributed by atoms with E-state index < -0.39 is 0 Å². The van der Waals surface area contributed by atoms with Crippen LogP contribution in [0.1, 0.15) is 47.7 Å². The Morgan fingerprint density at radius 3 is 2.43 bits per heavy atom. The number of benzene rings is 3. The van der Waals surface area contributed by atoms with Gasteiger partial charge in [-0.3, -0.25) is 14.6 Å². The lowest BCUT2D eigenvalue weighted by Crippen LogP contribution is -2.54. The molecule has 2 aliphatic rings. The molecule has 2 aliphatic heterocycles. The van der Waals surface area contributed by atoms with Crippen molar-refractivity contribution in [2.45, 2.75) is 57.8 Å². The SMILES string of the molecule is CCc1cccc2c(C(=O)NCc3ccccc3)cn(CCCN3[C@@H]4CC[C@H]3CN(CCOc3ccc(F)cc3)C4)c12. The molecule has 3 heterocycles. The molecule has 3 aromatic carbocycles. The first kappa shape index (κ1) is 28.4. The van der Waals surface area contributed by atoms with Gasteiger partial charge in [0.2, 0.25) is 0 Å². The molecule has 2 saturated heterocycles. The van der Waals surface area contributed by atoms with Crippen molar-refractivity contribution in [3.8, 4) is 5.75 Å². The van der Waals surface area contributed by atoms with Crippen LogP contribution in [0.25, 0.3) is 10.9 Å². The summed E-state index contributed by atoms with van der Waals surface area (Å²) in [5, 5.41) is 4.17. The van der Waals surface area contributed by atoms with Crippen LogP contribution in [0.4, 0.5) is 4.39 Å². The first-order valence-corrected chi connectivity index (χ1v) is 15.4. The minimum atomic E-state index is -0.240. The summed E-state index contributed by atoms with van der Waals surface area (Å²) in [6.45, 7) is 8.32. The molecule has 1 aromatic heterocycles. The third-order valence-corrected chi connectivity index (χ3v) is 8.92. The van der Waals surface area contributed by atoms with E-state index in [0.29, 0.717) is 25.2 Å². The molecule has 0 radical (unpaired) electrons. The second-order valence-electron chi connectivity index (χ2n) is 11.6. The number of halogens is 1. The van der Waals surface area contributed by atoms with E-state index in [1.165, 1.54) is 36.1 Å². The number of aromatic nitrogens is 1. The molecule has 2 atom stereocenters. The number of likely N-dealkylation sites (tertiary alicyclic amines) is 1. The van der Waals surface area contributed by atoms with E-state index in [0.717, 1.165) is 67.8 Å². The van der Waals surface area contributed by atoms with Gasteiger partial charge in [-0.25, -0.2) is 4.39 Å². The Bertz CT molecular complexity index is 1470. The van der Waals surface area contributed by atoms with Crippen LogP contribution in [0.15, 0.2) is 79.0 Å². The molecule has 7 heteroatoms. The van der Waals surface area contributed by atoms with E-state index >= 15 is 0 Å². The number of amides is 1. The summed E-state index contributed by atoms with van der Waals surface area (Å²) in [6.07, 6.45) is 6.55. The second-order valence-corrected chi connectivity index (χ2v) is 11.6. The number of rotatable bonds is 12. The summed E-state index contributed by atoms with van der Waals surface area (Å²) >= 11 is 0. The number of aryl methyl sites for hydroxylation is 2. The molecule has 2 fully saturated rings. The summed E-state index contributed by atoms with van der Waals surface area (Å²) in [7, 11) is 0. The van der Waals surface area contributed by atoms with Crippen LogP contribution in [0, 0.1) is 5.82 Å². The fourth-order valence-corrected chi connectivity index (χ4v) is 6.83. The van der Waals surface area contributed by atoms with Gasteiger partial charge in [-0.05, 0) is 61.1 Å². The molecule has 1 amide bonds. The molecule has 0 unspecified atom stereocenters. The van der Waals surface area contributed by atoms with Crippen LogP contribution >= 0.6 is 0 Å². The van der Waals surface area contributed by atoms with E-state index in [4.69, 9.17) is 4.74 Å². The van der Waals surface area contributed by atoms with Gasteiger partial charge in [0.1, 0.15) is 18.2 Å². The summed E-state index contributed by atoms with van der Waals surface area (Å²) in [5.74, 6) is 0.461. The Hall–Kier alpha value is -3.68. The van der Waals surface area contributed by atoms with Crippen LogP contribution in [0.3, 0.4) is 0 Å². The van der Waals surface area contributed by atoms with Gasteiger partial charge in [-0.2, -0.15) is 0 Å². The summed E-state index contributed by atoms with van der Waals surface area (Å²) in [5.41, 5.74) is 4.33. The lowest BCUT2D eigenvalue weighted by atomic mass is 10.1. The number of hydrogen-bond acceptors (Lipinski definition) is 4. The highest BCUT2D eigenvalue weighted by Crippen LogP contribution is 2.31. The first-order valence-electron chi connectivity index (χ1n) is 15.4. The van der Waals surface area contributed by atoms with E-state index in [1.54, 1.807) is 12.1 Å². The van der Waals surface area contributed by atoms with Crippen molar-refractivity contribution in [2.75, 3.05) is 32.8 Å². The lowest BCUT2D eigenvalue weighted by Gasteiger charge is -2.41. The summed E-state index contributed by atoms with van der Waals surface area (Å²) in [6, 6.07) is 23.8. The van der Waals surface area contributed by atoms with Crippen LogP contribution < -0.4 is 10.1 Å². The maximum Gasteiger partial charge on any atom is 0.253 e. The number of piperazine rings is 1. The predicted molar refractivity (Wildman–Crippen MR) is 165 cm³/mol. The van der Waals surface area contributed by atoms with Gasteiger partial charge in [0.15, 0.2) is 0 Å². The minimum absolute atomic E-state index is 0.0200. The third-order valence-electron chi connectivity index (χ3n) is 8.92.